The van der Waals surface area contributed by atoms with Crippen LogP contribution in [0.15, 0.2) is 354 Å². The quantitative estimate of drug-likeness (QED) is 0.0114. The van der Waals surface area contributed by atoms with Gasteiger partial charge in [0, 0.05) is 98.5 Å². The van der Waals surface area contributed by atoms with Gasteiger partial charge >= 0.3 is 34.2 Å². The van der Waals surface area contributed by atoms with Gasteiger partial charge < -0.3 is 25.0 Å². The van der Waals surface area contributed by atoms with Crippen LogP contribution in [0.25, 0.3) is 88.1 Å². The molecular formula is C101H88N22O14S5. The fourth-order valence-electron chi connectivity index (χ4n) is 14.7. The Balaban J connectivity index is 0.000000136. The first-order chi connectivity index (χ1) is 69.1. The molecule has 142 heavy (non-hydrogen) atoms. The first-order valence-electron chi connectivity index (χ1n) is 44.5. The smallest absolute Gasteiger partial charge is 0.337 e. The van der Waals surface area contributed by atoms with Gasteiger partial charge in [0.05, 0.1) is 73.9 Å². The van der Waals surface area contributed by atoms with Crippen LogP contribution in [0.1, 0.15) is 107 Å². The number of aromatic nitrogens is 13. The maximum absolute atomic E-state index is 13.4. The molecule has 0 aliphatic heterocycles. The van der Waals surface area contributed by atoms with Gasteiger partial charge in [-0.25, -0.2) is 29.5 Å². The summed E-state index contributed by atoms with van der Waals surface area (Å²) in [6, 6.07) is 74.1. The molecular weight excluding hydrogens is 1910 g/mol. The number of para-hydroxylation sites is 1. The second-order valence-electron chi connectivity index (χ2n) is 31.4. The number of aryl methyl sites for hydroxylation is 1. The number of carboxylic acid groups (broad SMARTS) is 2. The summed E-state index contributed by atoms with van der Waals surface area (Å²) in [5.41, 5.74) is 10.6. The van der Waals surface area contributed by atoms with E-state index in [1.165, 1.54) is 113 Å². The molecule has 0 unspecified atom stereocenters. The zero-order chi connectivity index (χ0) is 99.0. The topological polar surface area (TPSA) is 491 Å². The Morgan fingerprint density at radius 3 is 1.38 bits per heavy atom. The van der Waals surface area contributed by atoms with Gasteiger partial charge in [0.1, 0.15) is 22.8 Å². The molecule has 1 aliphatic carbocycles. The Bertz CT molecular complexity index is 7970. The number of amides is 1. The predicted octanol–water partition coefficient (Wildman–Crippen LogP) is 23.5. The maximum Gasteiger partial charge on any atom is 0.337 e. The van der Waals surface area contributed by atoms with Crippen LogP contribution in [0.4, 0.5) is 45.5 Å². The number of carbonyl (C=O) groups excluding carboxylic acids is 1. The van der Waals surface area contributed by atoms with Crippen LogP contribution in [-0.2, 0) is 14.9 Å². The van der Waals surface area contributed by atoms with E-state index in [0.29, 0.717) is 91.2 Å². The van der Waals surface area contributed by atoms with Gasteiger partial charge in [-0.2, -0.15) is 32.3 Å². The molecule has 41 heteroatoms. The number of hydrogen-bond acceptors (Lipinski definition) is 28. The number of nitrogens with one attached hydrogen (secondary N) is 5. The summed E-state index contributed by atoms with van der Waals surface area (Å²) < 4.78 is 48.6. The highest BCUT2D eigenvalue weighted by Crippen LogP contribution is 2.40. The van der Waals surface area contributed by atoms with E-state index in [1.807, 2.05) is 174 Å². The van der Waals surface area contributed by atoms with Crippen molar-refractivity contribution in [2.75, 3.05) is 26.4 Å². The Hall–Kier alpha value is -16.8. The van der Waals surface area contributed by atoms with Gasteiger partial charge in [-0.15, -0.1) is 81.1 Å². The number of thiazole rings is 4. The molecule has 9 heterocycles. The molecule has 19 rings (SSSR count). The van der Waals surface area contributed by atoms with Crippen LogP contribution in [0.5, 0.6) is 5.75 Å². The van der Waals surface area contributed by atoms with Gasteiger partial charge in [-0.3, -0.25) is 53.9 Å². The number of aromatic amines is 4. The molecule has 0 radical (unpaired) electrons. The molecule has 9 aromatic carbocycles. The van der Waals surface area contributed by atoms with Crippen LogP contribution in [0.2, 0.25) is 0 Å². The van der Waals surface area contributed by atoms with Crippen molar-refractivity contribution in [1.29, 1.82) is 0 Å². The summed E-state index contributed by atoms with van der Waals surface area (Å²) in [6.45, 7) is 8.15. The predicted molar refractivity (Wildman–Crippen MR) is 545 cm³/mol. The fraction of sp³-hybridized carbons (Fsp3) is 0.149. The number of ether oxygens (including phenoxy) is 2. The zero-order valence-electron chi connectivity index (χ0n) is 76.0. The number of H-pyrrole nitrogens is 4. The van der Waals surface area contributed by atoms with E-state index >= 15 is 0 Å². The molecule has 18 aromatic rings. The number of aromatic carboxylic acids is 2. The van der Waals surface area contributed by atoms with Crippen LogP contribution in [0, 0.1) is 6.92 Å². The van der Waals surface area contributed by atoms with E-state index < -0.39 is 33.2 Å². The van der Waals surface area contributed by atoms with Crippen molar-refractivity contribution >= 4 is 119 Å². The SMILES string of the molecule is CCCOCCCNC(=O)c1ccc(-c2csc(-n3[nH]c(C)c(N=Nc4ccccc4OCC)c3=O)n2)cc1.O=C(O)c1ccccc1N=Nc1c(-c2cccnc2)[nH]n(-c2nc(-c3ccccc3)cs2)c1=O.O=C(O)c1ccccc1N=Nc1c(C2CCCCC2)[nH]n(-c2nc(-c3ccccc3)cs2)c1=O.O=c1c(N=Nc2cccc(S(=O)(=O)O)c2)c(-c2ccccc2)[nH]n1-c1nc(-c2ccccc2)cs1. The highest BCUT2D eigenvalue weighted by atomic mass is 32.2. The van der Waals surface area contributed by atoms with Crippen molar-refractivity contribution in [3.8, 4) is 93.8 Å². The number of rotatable bonds is 31. The number of pyridine rings is 1. The minimum absolute atomic E-state index is 0.0162. The van der Waals surface area contributed by atoms with Crippen LogP contribution < -0.4 is 32.3 Å². The number of azo groups is 4. The molecule has 0 saturated heterocycles. The highest BCUT2D eigenvalue weighted by molar-refractivity contribution is 7.85. The average Bonchev–Trinajstić information content (AvgIpc) is 1.62. The Morgan fingerprint density at radius 2 is 0.880 bits per heavy atom. The highest BCUT2D eigenvalue weighted by Gasteiger charge is 2.29. The van der Waals surface area contributed by atoms with Gasteiger partial charge in [0.2, 0.25) is 20.5 Å². The van der Waals surface area contributed by atoms with E-state index in [1.54, 1.807) is 86.0 Å². The third-order valence-electron chi connectivity index (χ3n) is 21.8. The molecule has 1 amide bonds. The number of carboxylic acids is 2. The van der Waals surface area contributed by atoms with Gasteiger partial charge in [-0.05, 0) is 118 Å². The van der Waals surface area contributed by atoms with Crippen LogP contribution in [0.3, 0.4) is 0 Å². The summed E-state index contributed by atoms with van der Waals surface area (Å²) in [6.07, 6.45) is 10.2. The van der Waals surface area contributed by atoms with Crippen LogP contribution >= 0.6 is 45.3 Å². The summed E-state index contributed by atoms with van der Waals surface area (Å²) in [7, 11) is -4.40. The molecule has 1 saturated carbocycles. The van der Waals surface area contributed by atoms with Gasteiger partial charge in [-0.1, -0.05) is 202 Å². The minimum atomic E-state index is -4.40. The van der Waals surface area contributed by atoms with Crippen molar-refractivity contribution in [2.24, 2.45) is 40.9 Å². The first kappa shape index (κ1) is 98.2. The Labute approximate surface area is 825 Å². The number of hydrogen-bond donors (Lipinski definition) is 8. The lowest BCUT2D eigenvalue weighted by Gasteiger charge is -2.20. The average molecular weight is 1990 g/mol. The molecule has 0 atom stereocenters. The first-order valence-corrected chi connectivity index (χ1v) is 49.5. The number of benzene rings is 9. The maximum atomic E-state index is 13.4. The number of carbonyl (C=O) groups is 3. The van der Waals surface area contributed by atoms with Crippen molar-refractivity contribution in [1.82, 2.24) is 69.4 Å². The lowest BCUT2D eigenvalue weighted by Crippen LogP contribution is -2.25. The Morgan fingerprint density at radius 1 is 0.451 bits per heavy atom. The second kappa shape index (κ2) is 46.5. The second-order valence-corrected chi connectivity index (χ2v) is 36.2. The molecule has 8 N–H and O–H groups in total. The summed E-state index contributed by atoms with van der Waals surface area (Å²) in [5, 5.41) is 76.9. The number of nitrogens with zero attached hydrogens (tertiary/aromatic N) is 17. The molecule has 9 aromatic heterocycles. The minimum Gasteiger partial charge on any atom is -0.492 e. The molecule has 1 aliphatic rings. The van der Waals surface area contributed by atoms with E-state index in [9.17, 15) is 56.7 Å². The van der Waals surface area contributed by atoms with Crippen molar-refractivity contribution in [2.45, 2.75) is 76.5 Å². The molecule has 0 spiro atoms. The third-order valence-corrected chi connectivity index (χ3v) is 25.9. The zero-order valence-corrected chi connectivity index (χ0v) is 80.1. The van der Waals surface area contributed by atoms with E-state index in [2.05, 4.69) is 98.5 Å². The van der Waals surface area contributed by atoms with Gasteiger partial charge in [0.15, 0.2) is 22.7 Å². The molecule has 716 valence electrons. The standard InChI is InChI=1S/C28H32N6O4S.C25H23N5O3S.C24H16N6O3S.C24H17N5O4S2/c1-4-16-37-17-8-15-29-26(35)21-13-11-20(12-14-21)23-18-39-28(30-23)34-27(36)25(19(3)33-34)32-31-22-9-6-7-10-24(22)38-5-2;31-23-22(28-27-19-14-8-7-13-18(19)24(32)33)21(17-11-5-2-6-12-17)29-30(23)25-26-20(15-34-25)16-9-3-1-4-10-16;31-22-21(28-27-18-11-5-4-10-17(18)23(32)33)20(16-9-6-12-25-13-16)29-30(22)24-26-19(14-34-24)15-7-2-1-3-8-15;30-23-22(27-26-18-12-7-13-19(14-18)35(31,32)33)21(17-10-5-2-6-11-17)28-29(23)24-25-20(15-34-24)16-8-3-1-4-9-16/h6-7,9-14,18,33H,4-5,8,15-17H2,1-3H3,(H,29,35);1,3-4,7-10,13-15,17,29H,2,5-6,11-12H2,(H,32,33);1-14,29H,(H,32,33);1-15,28H,(H,31,32,33). The normalized spacial score (nSPS) is 12.2. The molecule has 1 fully saturated rings. The molecule has 36 nitrogen and oxygen atoms in total. The van der Waals surface area contributed by atoms with Crippen molar-refractivity contribution in [3.05, 3.63) is 358 Å². The van der Waals surface area contributed by atoms with Crippen molar-refractivity contribution < 1.29 is 47.0 Å². The largest absolute Gasteiger partial charge is 0.492 e. The van der Waals surface area contributed by atoms with E-state index in [4.69, 9.17) is 9.47 Å². The monoisotopic (exact) mass is 1990 g/mol. The van der Waals surface area contributed by atoms with Gasteiger partial charge in [0.25, 0.3) is 16.0 Å². The van der Waals surface area contributed by atoms with Crippen LogP contribution in [-0.4, -0.2) is 131 Å². The van der Waals surface area contributed by atoms with Crippen molar-refractivity contribution in [3.63, 3.8) is 0 Å². The summed E-state index contributed by atoms with van der Waals surface area (Å²) in [5.74, 6) is -1.59. The summed E-state index contributed by atoms with van der Waals surface area (Å²) in [4.78, 5) is 111. The Kier molecular flexibility index (Phi) is 32.2. The molecule has 0 bridgehead atoms. The summed E-state index contributed by atoms with van der Waals surface area (Å²) >= 11 is 5.30. The fourth-order valence-corrected chi connectivity index (χ4v) is 18.4. The lowest BCUT2D eigenvalue weighted by molar-refractivity contribution is 0.0687. The lowest BCUT2D eigenvalue weighted by atomic mass is 9.86. The van der Waals surface area contributed by atoms with E-state index in [0.717, 1.165) is 90.2 Å². The van der Waals surface area contributed by atoms with E-state index in [-0.39, 0.29) is 78.8 Å². The third kappa shape index (κ3) is 23.9.